The molecule has 0 aliphatic heterocycles. The zero-order valence-electron chi connectivity index (χ0n) is 12.6. The minimum absolute atomic E-state index is 0.301. The van der Waals surface area contributed by atoms with E-state index in [1.807, 2.05) is 6.92 Å². The first-order valence-electron chi connectivity index (χ1n) is 7.17. The average molecular weight is 292 g/mol. The molecule has 0 spiro atoms. The molecule has 1 atom stereocenters. The number of hydrogen-bond acceptors (Lipinski definition) is 4. The van der Waals surface area contributed by atoms with Crippen LogP contribution in [0.15, 0.2) is 24.4 Å². The Morgan fingerprint density at radius 2 is 2.19 bits per heavy atom. The maximum absolute atomic E-state index is 14.3. The largest absolute Gasteiger partial charge is 0.496 e. The average Bonchev–Trinajstić information content (AvgIpc) is 2.93. The smallest absolute Gasteiger partial charge is 0.132 e. The van der Waals surface area contributed by atoms with Crippen LogP contribution in [0.4, 0.5) is 4.39 Å². The van der Waals surface area contributed by atoms with E-state index in [4.69, 9.17) is 4.74 Å². The standard InChI is InChI=1S/C15H21FN4O/c1-4-9-20-12(10-18-19-20)15(17-5-2)14-11(16)7-6-8-13(14)21-3/h6-8,10,15,17H,4-5,9H2,1-3H3. The van der Waals surface area contributed by atoms with Crippen LogP contribution in [0, 0.1) is 5.82 Å². The highest BCUT2D eigenvalue weighted by Crippen LogP contribution is 2.32. The van der Waals surface area contributed by atoms with Gasteiger partial charge >= 0.3 is 0 Å². The van der Waals surface area contributed by atoms with Crippen LogP contribution in [0.1, 0.15) is 37.6 Å². The molecule has 1 aromatic heterocycles. The second-order valence-corrected chi connectivity index (χ2v) is 4.73. The van der Waals surface area contributed by atoms with E-state index in [1.54, 1.807) is 30.1 Å². The molecule has 1 N–H and O–H groups in total. The second-order valence-electron chi connectivity index (χ2n) is 4.73. The monoisotopic (exact) mass is 292 g/mol. The molecule has 0 saturated carbocycles. The number of benzene rings is 1. The normalized spacial score (nSPS) is 12.4. The molecule has 1 aromatic carbocycles. The number of halogens is 1. The minimum Gasteiger partial charge on any atom is -0.496 e. The van der Waals surface area contributed by atoms with Crippen LogP contribution < -0.4 is 10.1 Å². The fourth-order valence-corrected chi connectivity index (χ4v) is 2.41. The summed E-state index contributed by atoms with van der Waals surface area (Å²) in [6, 6.07) is 4.50. The van der Waals surface area contributed by atoms with Crippen LogP contribution in [0.5, 0.6) is 5.75 Å². The molecule has 0 saturated heterocycles. The van der Waals surface area contributed by atoms with Crippen molar-refractivity contribution in [3.63, 3.8) is 0 Å². The summed E-state index contributed by atoms with van der Waals surface area (Å²) in [5.41, 5.74) is 1.32. The molecule has 0 aliphatic carbocycles. The third kappa shape index (κ3) is 3.21. The van der Waals surface area contributed by atoms with Gasteiger partial charge in [0.2, 0.25) is 0 Å². The maximum Gasteiger partial charge on any atom is 0.132 e. The zero-order valence-corrected chi connectivity index (χ0v) is 12.6. The van der Waals surface area contributed by atoms with Gasteiger partial charge in [-0.2, -0.15) is 0 Å². The van der Waals surface area contributed by atoms with Gasteiger partial charge in [-0.1, -0.05) is 25.1 Å². The minimum atomic E-state index is -0.340. The molecule has 0 radical (unpaired) electrons. The molecule has 0 bridgehead atoms. The van der Waals surface area contributed by atoms with Gasteiger partial charge in [0.25, 0.3) is 0 Å². The first kappa shape index (κ1) is 15.4. The summed E-state index contributed by atoms with van der Waals surface area (Å²) < 4.78 is 21.5. The lowest BCUT2D eigenvalue weighted by molar-refractivity contribution is 0.394. The van der Waals surface area contributed by atoms with Crippen LogP contribution in [-0.4, -0.2) is 28.6 Å². The van der Waals surface area contributed by atoms with Crippen molar-refractivity contribution in [3.8, 4) is 5.75 Å². The van der Waals surface area contributed by atoms with Crippen molar-refractivity contribution in [2.45, 2.75) is 32.9 Å². The van der Waals surface area contributed by atoms with Crippen molar-refractivity contribution in [2.24, 2.45) is 0 Å². The van der Waals surface area contributed by atoms with Gasteiger partial charge in [-0.15, -0.1) is 5.10 Å². The molecule has 2 rings (SSSR count). The lowest BCUT2D eigenvalue weighted by atomic mass is 10.0. The zero-order chi connectivity index (χ0) is 15.2. The summed E-state index contributed by atoms with van der Waals surface area (Å²) in [5.74, 6) is 0.217. The van der Waals surface area contributed by atoms with Gasteiger partial charge in [-0.25, -0.2) is 9.07 Å². The summed E-state index contributed by atoms with van der Waals surface area (Å²) in [6.45, 7) is 5.49. The number of aryl methyl sites for hydroxylation is 1. The van der Waals surface area contributed by atoms with E-state index in [0.717, 1.165) is 18.7 Å². The topological polar surface area (TPSA) is 52.0 Å². The Morgan fingerprint density at radius 1 is 1.38 bits per heavy atom. The van der Waals surface area contributed by atoms with E-state index >= 15 is 0 Å². The maximum atomic E-state index is 14.3. The highest BCUT2D eigenvalue weighted by molar-refractivity contribution is 5.40. The van der Waals surface area contributed by atoms with Crippen LogP contribution in [-0.2, 0) is 6.54 Å². The first-order valence-corrected chi connectivity index (χ1v) is 7.17. The molecule has 0 fully saturated rings. The van der Waals surface area contributed by atoms with Gasteiger partial charge in [0.1, 0.15) is 11.6 Å². The van der Waals surface area contributed by atoms with Gasteiger partial charge in [0.15, 0.2) is 0 Å². The van der Waals surface area contributed by atoms with Gasteiger partial charge in [0, 0.05) is 6.54 Å². The predicted octanol–water partition coefficient (Wildman–Crippen LogP) is 2.53. The number of methoxy groups -OCH3 is 1. The van der Waals surface area contributed by atoms with Crippen LogP contribution in [0.2, 0.25) is 0 Å². The third-order valence-corrected chi connectivity index (χ3v) is 3.31. The van der Waals surface area contributed by atoms with Gasteiger partial charge in [-0.3, -0.25) is 0 Å². The van der Waals surface area contributed by atoms with Gasteiger partial charge < -0.3 is 10.1 Å². The molecule has 6 heteroatoms. The quantitative estimate of drug-likeness (QED) is 0.852. The summed E-state index contributed by atoms with van der Waals surface area (Å²) in [5, 5.41) is 11.3. The molecule has 5 nitrogen and oxygen atoms in total. The van der Waals surface area contributed by atoms with E-state index in [1.165, 1.54) is 6.07 Å². The fourth-order valence-electron chi connectivity index (χ4n) is 2.41. The van der Waals surface area contributed by atoms with Crippen molar-refractivity contribution in [1.82, 2.24) is 20.3 Å². The van der Waals surface area contributed by atoms with E-state index in [-0.39, 0.29) is 11.9 Å². The fraction of sp³-hybridized carbons (Fsp3) is 0.467. The number of nitrogens with one attached hydrogen (secondary N) is 1. The van der Waals surface area contributed by atoms with Gasteiger partial charge in [-0.05, 0) is 25.1 Å². The molecule has 114 valence electrons. The highest BCUT2D eigenvalue weighted by Gasteiger charge is 2.24. The van der Waals surface area contributed by atoms with Crippen molar-refractivity contribution in [3.05, 3.63) is 41.5 Å². The number of aromatic nitrogens is 3. The van der Waals surface area contributed by atoms with E-state index in [0.29, 0.717) is 17.9 Å². The molecule has 1 unspecified atom stereocenters. The Bertz CT molecular complexity index is 585. The molecule has 0 amide bonds. The van der Waals surface area contributed by atoms with Crippen molar-refractivity contribution >= 4 is 0 Å². The SMILES string of the molecule is CCCn1nncc1C(NCC)c1c(F)cccc1OC. The molecule has 0 aliphatic rings. The summed E-state index contributed by atoms with van der Waals surface area (Å²) in [7, 11) is 1.54. The van der Waals surface area contributed by atoms with E-state index < -0.39 is 0 Å². The predicted molar refractivity (Wildman–Crippen MR) is 78.8 cm³/mol. The second kappa shape index (κ2) is 7.17. The van der Waals surface area contributed by atoms with Crippen LogP contribution >= 0.6 is 0 Å². The van der Waals surface area contributed by atoms with Crippen molar-refractivity contribution in [1.29, 1.82) is 0 Å². The van der Waals surface area contributed by atoms with Crippen molar-refractivity contribution in [2.75, 3.05) is 13.7 Å². The lowest BCUT2D eigenvalue weighted by Gasteiger charge is -2.21. The molecular weight excluding hydrogens is 271 g/mol. The highest BCUT2D eigenvalue weighted by atomic mass is 19.1. The van der Waals surface area contributed by atoms with E-state index in [2.05, 4.69) is 22.6 Å². The third-order valence-electron chi connectivity index (χ3n) is 3.31. The summed E-state index contributed by atoms with van der Waals surface area (Å²) >= 11 is 0. The van der Waals surface area contributed by atoms with Crippen LogP contribution in [0.25, 0.3) is 0 Å². The first-order chi connectivity index (χ1) is 10.2. The molecule has 2 aromatic rings. The Balaban J connectivity index is 2.51. The number of hydrogen-bond donors (Lipinski definition) is 1. The molecule has 1 heterocycles. The van der Waals surface area contributed by atoms with Gasteiger partial charge in [0.05, 0.1) is 30.6 Å². The van der Waals surface area contributed by atoms with Crippen molar-refractivity contribution < 1.29 is 9.13 Å². The Labute approximate surface area is 124 Å². The van der Waals surface area contributed by atoms with Crippen LogP contribution in [0.3, 0.4) is 0 Å². The number of ether oxygens (including phenoxy) is 1. The Morgan fingerprint density at radius 3 is 2.86 bits per heavy atom. The summed E-state index contributed by atoms with van der Waals surface area (Å²) in [6.07, 6.45) is 2.61. The Kier molecular flexibility index (Phi) is 5.27. The number of nitrogens with zero attached hydrogens (tertiary/aromatic N) is 3. The molecular formula is C15H21FN4O. The number of rotatable bonds is 7. The Hall–Kier alpha value is -1.95. The lowest BCUT2D eigenvalue weighted by Crippen LogP contribution is -2.26. The molecule has 21 heavy (non-hydrogen) atoms. The van der Waals surface area contributed by atoms with E-state index in [9.17, 15) is 4.39 Å². The summed E-state index contributed by atoms with van der Waals surface area (Å²) in [4.78, 5) is 0.